The van der Waals surface area contributed by atoms with Crippen LogP contribution >= 0.6 is 0 Å². The summed E-state index contributed by atoms with van der Waals surface area (Å²) < 4.78 is 4.42. The Kier molecular flexibility index (Phi) is 4.74. The molecule has 0 amide bonds. The van der Waals surface area contributed by atoms with Crippen molar-refractivity contribution in [2.45, 2.75) is 0 Å². The van der Waals surface area contributed by atoms with Gasteiger partial charge in [-0.25, -0.2) is 4.79 Å². The van der Waals surface area contributed by atoms with Crippen LogP contribution in [0, 0.1) is 10.1 Å². The van der Waals surface area contributed by atoms with Crippen LogP contribution in [0.1, 0.15) is 0 Å². The van der Waals surface area contributed by atoms with Gasteiger partial charge in [0.05, 0.1) is 6.61 Å². The molecule has 0 aromatic carbocycles. The van der Waals surface area contributed by atoms with Gasteiger partial charge >= 0.3 is 5.97 Å². The molecule has 1 N–H and O–H groups in total. The average Bonchev–Trinajstić information content (AvgIpc) is 1.85. The second kappa shape index (κ2) is 5.42. The second-order valence-corrected chi connectivity index (χ2v) is 1.50. The molecule has 0 saturated heterocycles. The summed E-state index contributed by atoms with van der Waals surface area (Å²) in [4.78, 5) is 23.1. The number of nitrogens with zero attached hydrogens (tertiary/aromatic N) is 1. The van der Waals surface area contributed by atoms with Crippen LogP contribution < -0.4 is 0 Å². The fourth-order valence-corrected chi connectivity index (χ4v) is 0.330. The van der Waals surface area contributed by atoms with Gasteiger partial charge in [-0.05, 0) is 0 Å². The minimum Gasteiger partial charge on any atom is -0.480 e. The molecular weight excluding hydrogens is 158 g/mol. The van der Waals surface area contributed by atoms with E-state index in [4.69, 9.17) is 5.11 Å². The molecule has 0 atom stereocenters. The molecule has 64 valence electrons. The monoisotopic (exact) mass is 165 g/mol. The second-order valence-electron chi connectivity index (χ2n) is 1.50. The first-order valence-corrected chi connectivity index (χ1v) is 2.70. The molecule has 7 nitrogen and oxygen atoms in total. The van der Waals surface area contributed by atoms with Gasteiger partial charge in [0.15, 0.2) is 0 Å². The van der Waals surface area contributed by atoms with Crippen LogP contribution in [0.4, 0.5) is 0 Å². The van der Waals surface area contributed by atoms with Crippen LogP contribution in [0.5, 0.6) is 0 Å². The van der Waals surface area contributed by atoms with Crippen molar-refractivity contribution >= 4 is 5.97 Å². The normalized spacial score (nSPS) is 9.09. The molecule has 0 aromatic heterocycles. The van der Waals surface area contributed by atoms with Gasteiger partial charge in [0.25, 0.3) is 5.09 Å². The van der Waals surface area contributed by atoms with Gasteiger partial charge in [-0.1, -0.05) is 0 Å². The van der Waals surface area contributed by atoms with Crippen molar-refractivity contribution in [3.8, 4) is 0 Å². The quantitative estimate of drug-likeness (QED) is 0.317. The summed E-state index contributed by atoms with van der Waals surface area (Å²) in [6.45, 7) is -0.825. The number of carbonyl (C=O) groups is 1. The minimum atomic E-state index is -1.12. The highest BCUT2D eigenvalue weighted by molar-refractivity contribution is 5.67. The van der Waals surface area contributed by atoms with E-state index in [0.717, 1.165) is 0 Å². The third kappa shape index (κ3) is 8.63. The van der Waals surface area contributed by atoms with Crippen LogP contribution in [-0.4, -0.2) is 36.0 Å². The Bertz CT molecular complexity index is 130. The SMILES string of the molecule is O=C(O)COCCO[N+](=O)[O-]. The lowest BCUT2D eigenvalue weighted by molar-refractivity contribution is -0.758. The Balaban J connectivity index is 3.03. The van der Waals surface area contributed by atoms with Crippen molar-refractivity contribution in [3.63, 3.8) is 0 Å². The van der Waals surface area contributed by atoms with Crippen molar-refractivity contribution < 1.29 is 24.6 Å². The van der Waals surface area contributed by atoms with Gasteiger partial charge in [-0.2, -0.15) is 0 Å². The molecule has 0 saturated carbocycles. The number of hydrogen-bond donors (Lipinski definition) is 1. The maximum absolute atomic E-state index is 9.80. The molecule has 0 aliphatic heterocycles. The first-order valence-electron chi connectivity index (χ1n) is 2.70. The Labute approximate surface area is 61.6 Å². The minimum absolute atomic E-state index is 0.104. The molecule has 7 heteroatoms. The number of hydrogen-bond acceptors (Lipinski definition) is 5. The van der Waals surface area contributed by atoms with E-state index in [1.54, 1.807) is 0 Å². The van der Waals surface area contributed by atoms with E-state index in [9.17, 15) is 14.9 Å². The fourth-order valence-electron chi connectivity index (χ4n) is 0.330. The summed E-state index contributed by atoms with van der Waals surface area (Å²) in [5, 5.41) is 16.6. The molecular formula is C4H7NO6. The van der Waals surface area contributed by atoms with Gasteiger partial charge in [-0.15, -0.1) is 10.1 Å². The Morgan fingerprint density at radius 3 is 2.64 bits per heavy atom. The van der Waals surface area contributed by atoms with Gasteiger partial charge in [0, 0.05) is 0 Å². The highest BCUT2D eigenvalue weighted by atomic mass is 17.0. The molecule has 0 heterocycles. The lowest BCUT2D eigenvalue weighted by Crippen LogP contribution is -2.13. The zero-order chi connectivity index (χ0) is 8.69. The van der Waals surface area contributed by atoms with Crippen molar-refractivity contribution in [2.24, 2.45) is 0 Å². The highest BCUT2D eigenvalue weighted by Crippen LogP contribution is 1.78. The smallest absolute Gasteiger partial charge is 0.329 e. The molecule has 0 radical (unpaired) electrons. The third-order valence-corrected chi connectivity index (χ3v) is 0.650. The van der Waals surface area contributed by atoms with Crippen LogP contribution in [0.15, 0.2) is 0 Å². The molecule has 0 aromatic rings. The van der Waals surface area contributed by atoms with E-state index in [1.165, 1.54) is 0 Å². The number of rotatable bonds is 6. The largest absolute Gasteiger partial charge is 0.480 e. The number of carboxylic acid groups (broad SMARTS) is 1. The average molecular weight is 165 g/mol. The van der Waals surface area contributed by atoms with Crippen LogP contribution in [-0.2, 0) is 14.4 Å². The number of aliphatic carboxylic acids is 1. The van der Waals surface area contributed by atoms with Crippen molar-refractivity contribution in [1.82, 2.24) is 0 Å². The topological polar surface area (TPSA) is 98.9 Å². The Morgan fingerprint density at radius 2 is 2.18 bits per heavy atom. The van der Waals surface area contributed by atoms with Crippen LogP contribution in [0.3, 0.4) is 0 Å². The maximum Gasteiger partial charge on any atom is 0.329 e. The van der Waals surface area contributed by atoms with E-state index in [0.29, 0.717) is 0 Å². The summed E-state index contributed by atoms with van der Waals surface area (Å²) in [6.07, 6.45) is 0. The molecule has 0 spiro atoms. The van der Waals surface area contributed by atoms with Crippen molar-refractivity contribution in [3.05, 3.63) is 10.1 Å². The maximum atomic E-state index is 9.80. The van der Waals surface area contributed by atoms with Gasteiger partial charge in [-0.3, -0.25) is 0 Å². The summed E-state index contributed by atoms with van der Waals surface area (Å²) in [6, 6.07) is 0. The number of carboxylic acids is 1. The fraction of sp³-hybridized carbons (Fsp3) is 0.750. The first-order chi connectivity index (χ1) is 5.13. The van der Waals surface area contributed by atoms with Gasteiger partial charge in [0.2, 0.25) is 0 Å². The van der Waals surface area contributed by atoms with E-state index < -0.39 is 17.7 Å². The molecule has 0 fully saturated rings. The van der Waals surface area contributed by atoms with E-state index in [2.05, 4.69) is 9.57 Å². The lowest BCUT2D eigenvalue weighted by atomic mass is 10.7. The van der Waals surface area contributed by atoms with E-state index in [-0.39, 0.29) is 13.2 Å². The molecule has 0 rings (SSSR count). The highest BCUT2D eigenvalue weighted by Gasteiger charge is 1.97. The predicted octanol–water partition coefficient (Wildman–Crippen LogP) is -0.704. The van der Waals surface area contributed by atoms with Gasteiger partial charge in [0.1, 0.15) is 13.2 Å². The molecule has 0 aliphatic rings. The van der Waals surface area contributed by atoms with E-state index in [1.807, 2.05) is 0 Å². The number of ether oxygens (including phenoxy) is 1. The molecule has 0 aliphatic carbocycles. The van der Waals surface area contributed by atoms with Crippen LogP contribution in [0.2, 0.25) is 0 Å². The van der Waals surface area contributed by atoms with Gasteiger partial charge < -0.3 is 14.7 Å². The summed E-state index contributed by atoms with van der Waals surface area (Å²) in [5.74, 6) is -1.12. The predicted molar refractivity (Wildman–Crippen MR) is 31.4 cm³/mol. The molecule has 0 bridgehead atoms. The molecule has 11 heavy (non-hydrogen) atoms. The zero-order valence-electron chi connectivity index (χ0n) is 5.56. The van der Waals surface area contributed by atoms with Crippen LogP contribution in [0.25, 0.3) is 0 Å². The third-order valence-electron chi connectivity index (χ3n) is 0.650. The van der Waals surface area contributed by atoms with Crippen molar-refractivity contribution in [2.75, 3.05) is 19.8 Å². The standard InChI is InChI=1S/C4H7NO6/c6-4(7)3-10-1-2-11-5(8)9/h1-3H2,(H,6,7). The zero-order valence-corrected chi connectivity index (χ0v) is 5.56. The summed E-state index contributed by atoms with van der Waals surface area (Å²) >= 11 is 0. The van der Waals surface area contributed by atoms with E-state index >= 15 is 0 Å². The Morgan fingerprint density at radius 1 is 1.55 bits per heavy atom. The summed E-state index contributed by atoms with van der Waals surface area (Å²) in [5.41, 5.74) is 0. The Hall–Kier alpha value is -1.37. The summed E-state index contributed by atoms with van der Waals surface area (Å²) in [7, 11) is 0. The first kappa shape index (κ1) is 9.63. The molecule has 0 unspecified atom stereocenters. The lowest BCUT2D eigenvalue weighted by Gasteiger charge is -1.98. The van der Waals surface area contributed by atoms with Crippen molar-refractivity contribution in [1.29, 1.82) is 0 Å².